The maximum Gasteiger partial charge on any atom is 0.326 e. The van der Waals surface area contributed by atoms with Crippen LogP contribution in [0.25, 0.3) is 11.0 Å². The van der Waals surface area contributed by atoms with E-state index in [1.165, 1.54) is 18.3 Å². The summed E-state index contributed by atoms with van der Waals surface area (Å²) in [5.74, 6) is -1.63. The SMILES string of the molecule is O=C(N[C@@H](Cc1cnc2ccccc2n1)C(=O)O)c1ccc(Cl)cc1. The smallest absolute Gasteiger partial charge is 0.326 e. The van der Waals surface area contributed by atoms with Crippen molar-refractivity contribution in [2.45, 2.75) is 12.5 Å². The van der Waals surface area contributed by atoms with E-state index in [1.54, 1.807) is 18.2 Å². The molecule has 0 saturated heterocycles. The van der Waals surface area contributed by atoms with Gasteiger partial charge in [-0.25, -0.2) is 9.78 Å². The Balaban J connectivity index is 1.77. The Hall–Kier alpha value is -2.99. The highest BCUT2D eigenvalue weighted by atomic mass is 35.5. The number of carboxylic acid groups (broad SMARTS) is 1. The Morgan fingerprint density at radius 3 is 2.44 bits per heavy atom. The predicted molar refractivity (Wildman–Crippen MR) is 93.6 cm³/mol. The molecule has 1 heterocycles. The second-order valence-electron chi connectivity index (χ2n) is 5.43. The third-order valence-corrected chi connectivity index (χ3v) is 3.87. The van der Waals surface area contributed by atoms with Gasteiger partial charge in [-0.2, -0.15) is 0 Å². The summed E-state index contributed by atoms with van der Waals surface area (Å²) in [6.45, 7) is 0. The zero-order valence-corrected chi connectivity index (χ0v) is 13.8. The molecule has 0 saturated carbocycles. The molecular weight excluding hydrogens is 342 g/mol. The van der Waals surface area contributed by atoms with Gasteiger partial charge in [0, 0.05) is 23.2 Å². The van der Waals surface area contributed by atoms with E-state index in [9.17, 15) is 14.7 Å². The molecule has 0 fully saturated rings. The lowest BCUT2D eigenvalue weighted by atomic mass is 10.1. The van der Waals surface area contributed by atoms with Gasteiger partial charge in [-0.3, -0.25) is 9.78 Å². The van der Waals surface area contributed by atoms with E-state index in [2.05, 4.69) is 15.3 Å². The molecule has 0 unspecified atom stereocenters. The number of para-hydroxylation sites is 2. The lowest BCUT2D eigenvalue weighted by Crippen LogP contribution is -2.42. The van der Waals surface area contributed by atoms with Crippen molar-refractivity contribution in [1.82, 2.24) is 15.3 Å². The minimum Gasteiger partial charge on any atom is -0.480 e. The van der Waals surface area contributed by atoms with E-state index in [4.69, 9.17) is 11.6 Å². The number of benzene rings is 2. The molecule has 2 N–H and O–H groups in total. The molecule has 1 amide bonds. The van der Waals surface area contributed by atoms with Gasteiger partial charge in [0.1, 0.15) is 6.04 Å². The third-order valence-electron chi connectivity index (χ3n) is 3.62. The van der Waals surface area contributed by atoms with Crippen LogP contribution in [-0.2, 0) is 11.2 Å². The molecule has 1 atom stereocenters. The first kappa shape index (κ1) is 16.9. The largest absolute Gasteiger partial charge is 0.480 e. The number of hydrogen-bond donors (Lipinski definition) is 2. The molecular formula is C18H14ClN3O3. The lowest BCUT2D eigenvalue weighted by molar-refractivity contribution is -0.139. The number of carbonyl (C=O) groups excluding carboxylic acids is 1. The Kier molecular flexibility index (Phi) is 4.90. The van der Waals surface area contributed by atoms with E-state index < -0.39 is 17.9 Å². The van der Waals surface area contributed by atoms with Gasteiger partial charge in [-0.15, -0.1) is 0 Å². The minimum absolute atomic E-state index is 0.0342. The number of hydrogen-bond acceptors (Lipinski definition) is 4. The standard InChI is InChI=1S/C18H14ClN3O3/c19-12-7-5-11(6-8-12)17(23)22-16(18(24)25)9-13-10-20-14-3-1-2-4-15(14)21-13/h1-8,10,16H,9H2,(H,22,23)(H,24,25)/t16-/m0/s1. The fourth-order valence-electron chi connectivity index (χ4n) is 2.35. The van der Waals surface area contributed by atoms with Crippen molar-refractivity contribution in [1.29, 1.82) is 0 Å². The van der Waals surface area contributed by atoms with Crippen LogP contribution in [0.3, 0.4) is 0 Å². The minimum atomic E-state index is -1.14. The topological polar surface area (TPSA) is 92.2 Å². The Morgan fingerprint density at radius 2 is 1.76 bits per heavy atom. The zero-order chi connectivity index (χ0) is 17.8. The van der Waals surface area contributed by atoms with Crippen LogP contribution in [-0.4, -0.2) is 33.0 Å². The third kappa shape index (κ3) is 4.10. The zero-order valence-electron chi connectivity index (χ0n) is 13.0. The fraction of sp³-hybridized carbons (Fsp3) is 0.111. The lowest BCUT2D eigenvalue weighted by Gasteiger charge is -2.14. The summed E-state index contributed by atoms with van der Waals surface area (Å²) in [6.07, 6.45) is 1.55. The van der Waals surface area contributed by atoms with Crippen molar-refractivity contribution < 1.29 is 14.7 Å². The van der Waals surface area contributed by atoms with Crippen molar-refractivity contribution in [3.8, 4) is 0 Å². The van der Waals surface area contributed by atoms with Crippen molar-refractivity contribution in [2.24, 2.45) is 0 Å². The molecule has 3 aromatic rings. The second-order valence-corrected chi connectivity index (χ2v) is 5.86. The van der Waals surface area contributed by atoms with Gasteiger partial charge in [-0.1, -0.05) is 23.7 Å². The summed E-state index contributed by atoms with van der Waals surface area (Å²) in [6, 6.07) is 12.4. The van der Waals surface area contributed by atoms with Gasteiger partial charge in [0.25, 0.3) is 5.91 Å². The van der Waals surface area contributed by atoms with Crippen LogP contribution in [0.2, 0.25) is 5.02 Å². The van der Waals surface area contributed by atoms with Crippen molar-refractivity contribution in [3.63, 3.8) is 0 Å². The number of nitrogens with zero attached hydrogens (tertiary/aromatic N) is 2. The van der Waals surface area contributed by atoms with Crippen LogP contribution in [0, 0.1) is 0 Å². The molecule has 126 valence electrons. The van der Waals surface area contributed by atoms with E-state index in [-0.39, 0.29) is 6.42 Å². The number of fused-ring (bicyclic) bond motifs is 1. The maximum atomic E-state index is 12.2. The van der Waals surface area contributed by atoms with Crippen LogP contribution in [0.15, 0.2) is 54.7 Å². The first-order valence-electron chi connectivity index (χ1n) is 7.53. The van der Waals surface area contributed by atoms with E-state index >= 15 is 0 Å². The summed E-state index contributed by atoms with van der Waals surface area (Å²) in [5.41, 5.74) is 2.22. The molecule has 1 aromatic heterocycles. The number of aliphatic carboxylic acids is 1. The monoisotopic (exact) mass is 355 g/mol. The molecule has 6 nitrogen and oxygen atoms in total. The molecule has 0 aliphatic rings. The first-order chi connectivity index (χ1) is 12.0. The number of nitrogens with one attached hydrogen (secondary N) is 1. The Labute approximate surface area is 148 Å². The van der Waals surface area contributed by atoms with E-state index in [0.717, 1.165) is 5.52 Å². The van der Waals surface area contributed by atoms with Crippen LogP contribution in [0.1, 0.15) is 16.1 Å². The number of aromatic nitrogens is 2. The molecule has 25 heavy (non-hydrogen) atoms. The Morgan fingerprint density at radius 1 is 1.08 bits per heavy atom. The molecule has 2 aromatic carbocycles. The highest BCUT2D eigenvalue weighted by Crippen LogP contribution is 2.12. The second kappa shape index (κ2) is 7.27. The number of carboxylic acids is 1. The summed E-state index contributed by atoms with van der Waals surface area (Å²) >= 11 is 5.79. The van der Waals surface area contributed by atoms with Gasteiger partial charge < -0.3 is 10.4 Å². The molecule has 0 spiro atoms. The van der Waals surface area contributed by atoms with Crippen molar-refractivity contribution in [2.75, 3.05) is 0 Å². The van der Waals surface area contributed by atoms with Gasteiger partial charge in [0.2, 0.25) is 0 Å². The van der Waals surface area contributed by atoms with Crippen LogP contribution in [0.4, 0.5) is 0 Å². The van der Waals surface area contributed by atoms with E-state index in [1.807, 2.05) is 18.2 Å². The number of carbonyl (C=O) groups is 2. The van der Waals surface area contributed by atoms with Gasteiger partial charge in [-0.05, 0) is 36.4 Å². The number of halogens is 1. The average Bonchev–Trinajstić information content (AvgIpc) is 2.61. The van der Waals surface area contributed by atoms with Crippen LogP contribution >= 0.6 is 11.6 Å². The van der Waals surface area contributed by atoms with Crippen molar-refractivity contribution >= 4 is 34.5 Å². The predicted octanol–water partition coefficient (Wildman–Crippen LogP) is 2.71. The average molecular weight is 356 g/mol. The highest BCUT2D eigenvalue weighted by Gasteiger charge is 2.22. The van der Waals surface area contributed by atoms with Gasteiger partial charge in [0.05, 0.1) is 16.7 Å². The normalized spacial score (nSPS) is 11.9. The molecule has 0 aliphatic carbocycles. The summed E-state index contributed by atoms with van der Waals surface area (Å²) in [7, 11) is 0. The fourth-order valence-corrected chi connectivity index (χ4v) is 2.47. The first-order valence-corrected chi connectivity index (χ1v) is 7.90. The molecule has 7 heteroatoms. The molecule has 0 bridgehead atoms. The quantitative estimate of drug-likeness (QED) is 0.734. The van der Waals surface area contributed by atoms with Crippen molar-refractivity contribution in [3.05, 3.63) is 71.0 Å². The number of amides is 1. The van der Waals surface area contributed by atoms with Gasteiger partial charge >= 0.3 is 5.97 Å². The summed E-state index contributed by atoms with van der Waals surface area (Å²) in [4.78, 5) is 32.4. The Bertz CT molecular complexity index is 928. The van der Waals surface area contributed by atoms with Crippen LogP contribution < -0.4 is 5.32 Å². The summed E-state index contributed by atoms with van der Waals surface area (Å²) < 4.78 is 0. The highest BCUT2D eigenvalue weighted by molar-refractivity contribution is 6.30. The van der Waals surface area contributed by atoms with Gasteiger partial charge in [0.15, 0.2) is 0 Å². The number of rotatable bonds is 5. The molecule has 0 radical (unpaired) electrons. The van der Waals surface area contributed by atoms with E-state index in [0.29, 0.717) is 21.8 Å². The maximum absolute atomic E-state index is 12.2. The molecule has 3 rings (SSSR count). The van der Waals surface area contributed by atoms with Crippen LogP contribution in [0.5, 0.6) is 0 Å². The molecule has 0 aliphatic heterocycles. The summed E-state index contributed by atoms with van der Waals surface area (Å²) in [5, 5.41) is 12.4.